The molecule has 0 aromatic heterocycles. The molecule has 1 saturated heterocycles. The zero-order valence-corrected chi connectivity index (χ0v) is 15.2. The van der Waals surface area contributed by atoms with Crippen molar-refractivity contribution < 1.29 is 9.53 Å². The molecule has 0 radical (unpaired) electrons. The van der Waals surface area contributed by atoms with Crippen LogP contribution in [-0.4, -0.2) is 62.1 Å². The largest absolute Gasteiger partial charge is 0.383 e. The first-order valence-corrected chi connectivity index (χ1v) is 8.84. The fourth-order valence-corrected chi connectivity index (χ4v) is 2.68. The Labute approximate surface area is 141 Å². The second-order valence-corrected chi connectivity index (χ2v) is 5.57. The summed E-state index contributed by atoms with van der Waals surface area (Å²) in [7, 11) is 1.72. The van der Waals surface area contributed by atoms with Gasteiger partial charge in [-0.2, -0.15) is 0 Å². The molecular formula is C19H32N2O2. The molecule has 0 bridgehead atoms. The molecule has 0 aliphatic carbocycles. The summed E-state index contributed by atoms with van der Waals surface area (Å²) in [5, 5.41) is 0. The highest BCUT2D eigenvalue weighted by molar-refractivity contribution is 5.94. The fraction of sp³-hybridized carbons (Fsp3) is 0.632. The van der Waals surface area contributed by atoms with E-state index in [4.69, 9.17) is 4.74 Å². The number of nitrogens with zero attached hydrogens (tertiary/aromatic N) is 2. The summed E-state index contributed by atoms with van der Waals surface area (Å²) >= 11 is 0. The molecule has 0 saturated carbocycles. The van der Waals surface area contributed by atoms with Crippen molar-refractivity contribution >= 4 is 5.91 Å². The van der Waals surface area contributed by atoms with Gasteiger partial charge in [-0.05, 0) is 24.1 Å². The average molecular weight is 320 g/mol. The van der Waals surface area contributed by atoms with Gasteiger partial charge >= 0.3 is 0 Å². The highest BCUT2D eigenvalue weighted by Gasteiger charge is 2.21. The van der Waals surface area contributed by atoms with E-state index in [9.17, 15) is 4.79 Å². The van der Waals surface area contributed by atoms with E-state index in [1.54, 1.807) is 7.11 Å². The predicted molar refractivity (Wildman–Crippen MR) is 96.0 cm³/mol. The summed E-state index contributed by atoms with van der Waals surface area (Å²) in [5.74, 6) is 0.157. The van der Waals surface area contributed by atoms with E-state index >= 15 is 0 Å². The number of carbonyl (C=O) groups excluding carboxylic acids is 1. The van der Waals surface area contributed by atoms with Gasteiger partial charge in [-0.1, -0.05) is 39.3 Å². The lowest BCUT2D eigenvalue weighted by Gasteiger charge is -2.34. The lowest BCUT2D eigenvalue weighted by Crippen LogP contribution is -2.49. The van der Waals surface area contributed by atoms with E-state index in [-0.39, 0.29) is 5.91 Å². The lowest BCUT2D eigenvalue weighted by atomic mass is 10.1. The molecule has 1 aliphatic rings. The van der Waals surface area contributed by atoms with E-state index in [0.717, 1.165) is 57.7 Å². The molecule has 0 spiro atoms. The van der Waals surface area contributed by atoms with Crippen molar-refractivity contribution in [3.05, 3.63) is 35.4 Å². The van der Waals surface area contributed by atoms with Gasteiger partial charge in [0.05, 0.1) is 6.61 Å². The Balaban J connectivity index is 0.00000127. The number of piperazine rings is 1. The predicted octanol–water partition coefficient (Wildman–Crippen LogP) is 3.07. The van der Waals surface area contributed by atoms with Gasteiger partial charge in [0.2, 0.25) is 0 Å². The molecule has 4 heteroatoms. The molecular weight excluding hydrogens is 288 g/mol. The van der Waals surface area contributed by atoms with Crippen LogP contribution in [0.1, 0.15) is 43.1 Å². The van der Waals surface area contributed by atoms with Crippen LogP contribution in [0.3, 0.4) is 0 Å². The maximum absolute atomic E-state index is 12.5. The minimum Gasteiger partial charge on any atom is -0.383 e. The first-order valence-electron chi connectivity index (χ1n) is 8.84. The van der Waals surface area contributed by atoms with E-state index in [1.807, 2.05) is 30.9 Å². The minimum atomic E-state index is 0.157. The molecule has 1 amide bonds. The maximum Gasteiger partial charge on any atom is 0.253 e. The van der Waals surface area contributed by atoms with Crippen LogP contribution in [0.5, 0.6) is 0 Å². The molecule has 130 valence electrons. The number of aryl methyl sites for hydroxylation is 1. The second-order valence-electron chi connectivity index (χ2n) is 5.57. The van der Waals surface area contributed by atoms with Crippen LogP contribution in [0.4, 0.5) is 0 Å². The standard InChI is InChI=1S/C17H26N2O2.C2H6/c1-3-4-15-5-7-16(8-6-15)17(20)19-11-9-18(10-12-19)13-14-21-2;1-2/h5-8H,3-4,9-14H2,1-2H3;1-2H3. The smallest absolute Gasteiger partial charge is 0.253 e. The maximum atomic E-state index is 12.5. The summed E-state index contributed by atoms with van der Waals surface area (Å²) in [6, 6.07) is 8.08. The first kappa shape index (κ1) is 19.7. The molecule has 1 aromatic rings. The third kappa shape index (κ3) is 6.32. The third-order valence-electron chi connectivity index (χ3n) is 4.01. The Morgan fingerprint density at radius 1 is 1.09 bits per heavy atom. The minimum absolute atomic E-state index is 0.157. The van der Waals surface area contributed by atoms with Gasteiger partial charge in [-0.25, -0.2) is 0 Å². The van der Waals surface area contributed by atoms with E-state index < -0.39 is 0 Å². The van der Waals surface area contributed by atoms with Crippen LogP contribution < -0.4 is 0 Å². The van der Waals surface area contributed by atoms with Crippen molar-refractivity contribution in [2.45, 2.75) is 33.6 Å². The van der Waals surface area contributed by atoms with Crippen molar-refractivity contribution in [3.63, 3.8) is 0 Å². The van der Waals surface area contributed by atoms with Crippen LogP contribution in [0, 0.1) is 0 Å². The molecule has 2 rings (SSSR count). The monoisotopic (exact) mass is 320 g/mol. The van der Waals surface area contributed by atoms with E-state index in [0.29, 0.717) is 0 Å². The van der Waals surface area contributed by atoms with Gasteiger partial charge in [0.25, 0.3) is 5.91 Å². The normalized spacial score (nSPS) is 15.0. The number of hydrogen-bond donors (Lipinski definition) is 0. The Morgan fingerprint density at radius 2 is 1.70 bits per heavy atom. The number of methoxy groups -OCH3 is 1. The Bertz CT molecular complexity index is 437. The molecule has 23 heavy (non-hydrogen) atoms. The highest BCUT2D eigenvalue weighted by Crippen LogP contribution is 2.11. The molecule has 1 aliphatic heterocycles. The Kier molecular flexibility index (Phi) is 9.57. The number of benzene rings is 1. The van der Waals surface area contributed by atoms with Gasteiger partial charge in [0.1, 0.15) is 0 Å². The highest BCUT2D eigenvalue weighted by atomic mass is 16.5. The molecule has 0 N–H and O–H groups in total. The SMILES string of the molecule is CC.CCCc1ccc(C(=O)N2CCN(CCOC)CC2)cc1. The summed E-state index contributed by atoms with van der Waals surface area (Å²) in [6.45, 7) is 11.4. The van der Waals surface area contributed by atoms with Crippen molar-refractivity contribution in [2.24, 2.45) is 0 Å². The summed E-state index contributed by atoms with van der Waals surface area (Å²) in [6.07, 6.45) is 2.21. The Hall–Kier alpha value is -1.39. The van der Waals surface area contributed by atoms with Gasteiger partial charge < -0.3 is 9.64 Å². The number of carbonyl (C=O) groups is 1. The molecule has 1 heterocycles. The second kappa shape index (κ2) is 11.2. The van der Waals surface area contributed by atoms with Crippen molar-refractivity contribution in [1.82, 2.24) is 9.80 Å². The quantitative estimate of drug-likeness (QED) is 0.807. The molecule has 1 fully saturated rings. The van der Waals surface area contributed by atoms with Gasteiger partial charge in [0.15, 0.2) is 0 Å². The van der Waals surface area contributed by atoms with E-state index in [1.165, 1.54) is 5.56 Å². The van der Waals surface area contributed by atoms with Crippen LogP contribution >= 0.6 is 0 Å². The summed E-state index contributed by atoms with van der Waals surface area (Å²) in [4.78, 5) is 16.8. The zero-order valence-electron chi connectivity index (χ0n) is 15.2. The fourth-order valence-electron chi connectivity index (χ4n) is 2.68. The third-order valence-corrected chi connectivity index (χ3v) is 4.01. The van der Waals surface area contributed by atoms with Crippen LogP contribution in [0.2, 0.25) is 0 Å². The van der Waals surface area contributed by atoms with Crippen LogP contribution in [0.25, 0.3) is 0 Å². The number of ether oxygens (including phenoxy) is 1. The zero-order chi connectivity index (χ0) is 17.1. The van der Waals surface area contributed by atoms with Crippen molar-refractivity contribution in [1.29, 1.82) is 0 Å². The molecule has 1 aromatic carbocycles. The lowest BCUT2D eigenvalue weighted by molar-refractivity contribution is 0.0594. The van der Waals surface area contributed by atoms with Gasteiger partial charge in [-0.15, -0.1) is 0 Å². The van der Waals surface area contributed by atoms with E-state index in [2.05, 4.69) is 24.0 Å². The molecule has 0 unspecified atom stereocenters. The van der Waals surface area contributed by atoms with Crippen LogP contribution in [-0.2, 0) is 11.2 Å². The number of hydrogen-bond acceptors (Lipinski definition) is 3. The molecule has 4 nitrogen and oxygen atoms in total. The van der Waals surface area contributed by atoms with Crippen molar-refractivity contribution in [3.8, 4) is 0 Å². The molecule has 0 atom stereocenters. The first-order chi connectivity index (χ1) is 11.2. The number of rotatable bonds is 6. The topological polar surface area (TPSA) is 32.8 Å². The van der Waals surface area contributed by atoms with Crippen molar-refractivity contribution in [2.75, 3.05) is 46.4 Å². The number of amides is 1. The van der Waals surface area contributed by atoms with Crippen LogP contribution in [0.15, 0.2) is 24.3 Å². The van der Waals surface area contributed by atoms with Gasteiger partial charge in [-0.3, -0.25) is 9.69 Å². The van der Waals surface area contributed by atoms with Gasteiger partial charge in [0, 0.05) is 45.4 Å². The Morgan fingerprint density at radius 3 is 2.22 bits per heavy atom. The summed E-state index contributed by atoms with van der Waals surface area (Å²) in [5.41, 5.74) is 2.11. The summed E-state index contributed by atoms with van der Waals surface area (Å²) < 4.78 is 5.10. The average Bonchev–Trinajstić information content (AvgIpc) is 2.62.